The number of aromatic nitrogens is 3. The van der Waals surface area contributed by atoms with Crippen molar-refractivity contribution in [1.82, 2.24) is 14.9 Å². The summed E-state index contributed by atoms with van der Waals surface area (Å²) in [5.74, 6) is 2.49. The Labute approximate surface area is 147 Å². The molecule has 0 radical (unpaired) electrons. The van der Waals surface area contributed by atoms with Gasteiger partial charge in [-0.3, -0.25) is 0 Å². The molecule has 0 unspecified atom stereocenters. The fourth-order valence-corrected chi connectivity index (χ4v) is 2.55. The van der Waals surface area contributed by atoms with Gasteiger partial charge in [-0.15, -0.1) is 10.2 Å². The molecule has 1 aromatic carbocycles. The molecule has 0 N–H and O–H groups in total. The summed E-state index contributed by atoms with van der Waals surface area (Å²) in [5, 5.41) is 13.7. The molecule has 0 bridgehead atoms. The third-order valence-corrected chi connectivity index (χ3v) is 3.83. The average Bonchev–Trinajstić information content (AvgIpc) is 2.96. The van der Waals surface area contributed by atoms with Gasteiger partial charge < -0.3 is 9.47 Å². The monoisotopic (exact) mass is 348 g/mol. The molecule has 24 heavy (non-hydrogen) atoms. The molecule has 2 aromatic rings. The highest BCUT2D eigenvalue weighted by atomic mass is 32.2. The van der Waals surface area contributed by atoms with Gasteiger partial charge in [0.25, 0.3) is 0 Å². The van der Waals surface area contributed by atoms with Gasteiger partial charge in [-0.2, -0.15) is 9.78 Å². The summed E-state index contributed by atoms with van der Waals surface area (Å²) in [7, 11) is 1.63. The van der Waals surface area contributed by atoms with Gasteiger partial charge in [0, 0.05) is 5.92 Å². The van der Waals surface area contributed by atoms with Gasteiger partial charge in [-0.1, -0.05) is 25.6 Å². The van der Waals surface area contributed by atoms with Crippen molar-refractivity contribution in [3.05, 3.63) is 29.6 Å². The second kappa shape index (κ2) is 8.19. The van der Waals surface area contributed by atoms with Crippen molar-refractivity contribution >= 4 is 18.0 Å². The summed E-state index contributed by atoms with van der Waals surface area (Å²) in [5.41, 5.74) is 0.915. The zero-order valence-electron chi connectivity index (χ0n) is 15.0. The first-order valence-electron chi connectivity index (χ1n) is 7.84. The Balaban J connectivity index is 2.31. The zero-order chi connectivity index (χ0) is 17.7. The fraction of sp³-hybridized carbons (Fsp3) is 0.471. The maximum Gasteiger partial charge on any atom is 0.211 e. The molecule has 7 heteroatoms. The second-order valence-electron chi connectivity index (χ2n) is 5.83. The smallest absolute Gasteiger partial charge is 0.211 e. The maximum atomic E-state index is 5.73. The molecule has 0 aliphatic heterocycles. The standard InChI is InChI=1S/C17H24N4O2S/c1-11(2)16-19-20-17(24-6)21(16)18-10-13-7-8-14(23-12(3)4)15(9-13)22-5/h7-12H,1-6H3/b18-10-. The predicted molar refractivity (Wildman–Crippen MR) is 97.6 cm³/mol. The van der Waals surface area contributed by atoms with E-state index in [1.165, 1.54) is 11.8 Å². The zero-order valence-corrected chi connectivity index (χ0v) is 15.8. The number of methoxy groups -OCH3 is 1. The van der Waals surface area contributed by atoms with Crippen LogP contribution in [0, 0.1) is 0 Å². The highest BCUT2D eigenvalue weighted by molar-refractivity contribution is 7.98. The lowest BCUT2D eigenvalue weighted by Crippen LogP contribution is -2.07. The molecule has 0 aliphatic carbocycles. The molecule has 0 fully saturated rings. The summed E-state index contributed by atoms with van der Waals surface area (Å²) in [4.78, 5) is 0. The maximum absolute atomic E-state index is 5.73. The summed E-state index contributed by atoms with van der Waals surface area (Å²) in [6, 6.07) is 5.74. The molecule has 130 valence electrons. The summed E-state index contributed by atoms with van der Waals surface area (Å²) < 4.78 is 12.9. The molecule has 0 saturated heterocycles. The molecule has 1 aromatic heterocycles. The van der Waals surface area contributed by atoms with E-state index in [1.807, 2.05) is 38.3 Å². The Hall–Kier alpha value is -2.02. The van der Waals surface area contributed by atoms with E-state index in [2.05, 4.69) is 29.1 Å². The molecule has 0 amide bonds. The second-order valence-corrected chi connectivity index (χ2v) is 6.61. The van der Waals surface area contributed by atoms with Crippen molar-refractivity contribution in [2.24, 2.45) is 5.10 Å². The highest BCUT2D eigenvalue weighted by Crippen LogP contribution is 2.28. The van der Waals surface area contributed by atoms with Gasteiger partial charge in [0.2, 0.25) is 5.16 Å². The van der Waals surface area contributed by atoms with Crippen LogP contribution >= 0.6 is 11.8 Å². The molecule has 6 nitrogen and oxygen atoms in total. The van der Waals surface area contributed by atoms with Gasteiger partial charge in [0.15, 0.2) is 17.3 Å². The molecule has 1 heterocycles. The van der Waals surface area contributed by atoms with Crippen molar-refractivity contribution in [3.63, 3.8) is 0 Å². The quantitative estimate of drug-likeness (QED) is 0.562. The Morgan fingerprint density at radius 2 is 1.92 bits per heavy atom. The van der Waals surface area contributed by atoms with Crippen LogP contribution in [0.4, 0.5) is 0 Å². The Kier molecular flexibility index (Phi) is 6.25. The minimum absolute atomic E-state index is 0.0909. The molecule has 2 rings (SSSR count). The third-order valence-electron chi connectivity index (χ3n) is 3.21. The number of hydrogen-bond acceptors (Lipinski definition) is 6. The number of nitrogens with zero attached hydrogens (tertiary/aromatic N) is 4. The first kappa shape index (κ1) is 18.3. The van der Waals surface area contributed by atoms with Gasteiger partial charge in [0.05, 0.1) is 19.4 Å². The van der Waals surface area contributed by atoms with E-state index in [1.54, 1.807) is 18.0 Å². The molecular formula is C17H24N4O2S. The first-order chi connectivity index (χ1) is 11.5. The van der Waals surface area contributed by atoms with E-state index in [0.717, 1.165) is 22.3 Å². The molecule has 0 saturated carbocycles. The lowest BCUT2D eigenvalue weighted by molar-refractivity contribution is 0.230. The van der Waals surface area contributed by atoms with Crippen molar-refractivity contribution in [3.8, 4) is 11.5 Å². The Morgan fingerprint density at radius 3 is 2.50 bits per heavy atom. The van der Waals surface area contributed by atoms with Crippen LogP contribution in [0.3, 0.4) is 0 Å². The first-order valence-corrected chi connectivity index (χ1v) is 9.07. The minimum atomic E-state index is 0.0909. The molecule has 0 aliphatic rings. The minimum Gasteiger partial charge on any atom is -0.493 e. The van der Waals surface area contributed by atoms with Gasteiger partial charge in [-0.25, -0.2) is 0 Å². The normalized spacial score (nSPS) is 11.7. The fourth-order valence-electron chi connectivity index (χ4n) is 2.11. The largest absolute Gasteiger partial charge is 0.493 e. The van der Waals surface area contributed by atoms with E-state index in [-0.39, 0.29) is 12.0 Å². The van der Waals surface area contributed by atoms with Crippen molar-refractivity contribution in [2.75, 3.05) is 13.4 Å². The molecule has 0 spiro atoms. The van der Waals surface area contributed by atoms with Crippen LogP contribution in [0.2, 0.25) is 0 Å². The van der Waals surface area contributed by atoms with Gasteiger partial charge >= 0.3 is 0 Å². The highest BCUT2D eigenvalue weighted by Gasteiger charge is 2.13. The van der Waals surface area contributed by atoms with Crippen LogP contribution in [0.25, 0.3) is 0 Å². The lowest BCUT2D eigenvalue weighted by Gasteiger charge is -2.13. The molecule has 0 atom stereocenters. The summed E-state index contributed by atoms with van der Waals surface area (Å²) >= 11 is 1.52. The van der Waals surface area contributed by atoms with Crippen LogP contribution in [-0.4, -0.2) is 40.6 Å². The third kappa shape index (κ3) is 4.29. The van der Waals surface area contributed by atoms with Crippen LogP contribution in [-0.2, 0) is 0 Å². The number of benzene rings is 1. The number of rotatable bonds is 7. The Morgan fingerprint density at radius 1 is 1.17 bits per heavy atom. The van der Waals surface area contributed by atoms with Crippen molar-refractivity contribution in [2.45, 2.75) is 44.9 Å². The Bertz CT molecular complexity index is 711. The number of hydrogen-bond donors (Lipinski definition) is 0. The van der Waals surface area contributed by atoms with E-state index in [4.69, 9.17) is 9.47 Å². The van der Waals surface area contributed by atoms with Crippen molar-refractivity contribution in [1.29, 1.82) is 0 Å². The van der Waals surface area contributed by atoms with Gasteiger partial charge in [0.1, 0.15) is 0 Å². The predicted octanol–water partition coefficient (Wildman–Crippen LogP) is 3.80. The summed E-state index contributed by atoms with van der Waals surface area (Å²) in [6.45, 7) is 8.11. The number of ether oxygens (including phenoxy) is 2. The topological polar surface area (TPSA) is 61.5 Å². The van der Waals surface area contributed by atoms with E-state index in [0.29, 0.717) is 5.75 Å². The van der Waals surface area contributed by atoms with E-state index >= 15 is 0 Å². The summed E-state index contributed by atoms with van der Waals surface area (Å²) in [6.07, 6.45) is 3.82. The number of thioether (sulfide) groups is 1. The van der Waals surface area contributed by atoms with Gasteiger partial charge in [-0.05, 0) is 43.9 Å². The average molecular weight is 348 g/mol. The van der Waals surface area contributed by atoms with Crippen LogP contribution in [0.15, 0.2) is 28.5 Å². The van der Waals surface area contributed by atoms with E-state index < -0.39 is 0 Å². The SMILES string of the molecule is COc1cc(/C=N\n2c(SC)nnc2C(C)C)ccc1OC(C)C. The van der Waals surface area contributed by atoms with Crippen LogP contribution in [0.1, 0.15) is 45.0 Å². The lowest BCUT2D eigenvalue weighted by atomic mass is 10.2. The van der Waals surface area contributed by atoms with Crippen LogP contribution in [0.5, 0.6) is 11.5 Å². The van der Waals surface area contributed by atoms with E-state index in [9.17, 15) is 0 Å². The molecular weight excluding hydrogens is 324 g/mol. The van der Waals surface area contributed by atoms with Crippen molar-refractivity contribution < 1.29 is 9.47 Å². The van der Waals surface area contributed by atoms with Crippen LogP contribution < -0.4 is 9.47 Å².